The molecule has 0 heterocycles. The van der Waals surface area contributed by atoms with Crippen LogP contribution in [0.1, 0.15) is 32.3 Å². The second-order valence-electron chi connectivity index (χ2n) is 4.85. The number of rotatable bonds is 9. The van der Waals surface area contributed by atoms with Crippen molar-refractivity contribution in [3.8, 4) is 11.5 Å². The van der Waals surface area contributed by atoms with Gasteiger partial charge >= 0.3 is 6.61 Å². The Labute approximate surface area is 128 Å². The van der Waals surface area contributed by atoms with Crippen LogP contribution in [0, 0.1) is 0 Å². The van der Waals surface area contributed by atoms with E-state index in [0.717, 1.165) is 0 Å². The number of carbonyl (C=O) groups excluding carboxylic acids is 1. The number of nitrogens with two attached hydrogens (primary N) is 1. The van der Waals surface area contributed by atoms with Gasteiger partial charge in [0.2, 0.25) is 5.91 Å². The number of hydrogen-bond donors (Lipinski definition) is 2. The van der Waals surface area contributed by atoms with Crippen molar-refractivity contribution in [1.82, 2.24) is 5.32 Å². The van der Waals surface area contributed by atoms with Gasteiger partial charge in [-0.15, -0.1) is 0 Å². The largest absolute Gasteiger partial charge is 0.490 e. The van der Waals surface area contributed by atoms with Crippen LogP contribution in [-0.4, -0.2) is 25.2 Å². The van der Waals surface area contributed by atoms with Crippen molar-refractivity contribution in [2.24, 2.45) is 5.73 Å². The molecular weight excluding hydrogens is 294 g/mol. The summed E-state index contributed by atoms with van der Waals surface area (Å²) in [6.07, 6.45) is 0.846. The Kier molecular flexibility index (Phi) is 7.59. The lowest BCUT2D eigenvalue weighted by Crippen LogP contribution is -2.25. The van der Waals surface area contributed by atoms with Crippen LogP contribution in [0.4, 0.5) is 8.78 Å². The molecule has 3 N–H and O–H groups in total. The quantitative estimate of drug-likeness (QED) is 0.734. The number of halogens is 2. The molecule has 0 saturated heterocycles. The van der Waals surface area contributed by atoms with E-state index in [1.54, 1.807) is 25.1 Å². The summed E-state index contributed by atoms with van der Waals surface area (Å²) in [4.78, 5) is 11.7. The van der Waals surface area contributed by atoms with Gasteiger partial charge in [0.15, 0.2) is 11.5 Å². The van der Waals surface area contributed by atoms with E-state index in [-0.39, 0.29) is 36.4 Å². The van der Waals surface area contributed by atoms with E-state index >= 15 is 0 Å². The Hall–Kier alpha value is -1.89. The predicted molar refractivity (Wildman–Crippen MR) is 79.0 cm³/mol. The molecule has 1 rings (SSSR count). The molecule has 0 aliphatic rings. The number of para-hydroxylation sites is 1. The molecule has 0 radical (unpaired) electrons. The smallest absolute Gasteiger partial charge is 0.387 e. The Bertz CT molecular complexity index is 482. The summed E-state index contributed by atoms with van der Waals surface area (Å²) in [6, 6.07) is 4.74. The second-order valence-corrected chi connectivity index (χ2v) is 4.85. The fourth-order valence-electron chi connectivity index (χ4n) is 1.83. The molecule has 0 spiro atoms. The van der Waals surface area contributed by atoms with Gasteiger partial charge in [-0.1, -0.05) is 12.1 Å². The zero-order valence-corrected chi connectivity index (χ0v) is 12.8. The first-order valence-electron chi connectivity index (χ1n) is 7.15. The maximum Gasteiger partial charge on any atom is 0.387 e. The van der Waals surface area contributed by atoms with E-state index in [0.29, 0.717) is 18.6 Å². The molecule has 0 bridgehead atoms. The van der Waals surface area contributed by atoms with E-state index in [1.807, 2.05) is 6.92 Å². The maximum atomic E-state index is 12.6. The summed E-state index contributed by atoms with van der Waals surface area (Å²) in [5.41, 5.74) is 6.01. The first kappa shape index (κ1) is 18.2. The molecule has 0 aliphatic heterocycles. The van der Waals surface area contributed by atoms with Crippen LogP contribution in [0.15, 0.2) is 18.2 Å². The normalized spacial score (nSPS) is 12.1. The Morgan fingerprint density at radius 1 is 1.41 bits per heavy atom. The average molecular weight is 316 g/mol. The molecule has 1 aromatic carbocycles. The van der Waals surface area contributed by atoms with E-state index < -0.39 is 6.61 Å². The van der Waals surface area contributed by atoms with Crippen LogP contribution in [0.25, 0.3) is 0 Å². The highest BCUT2D eigenvalue weighted by molar-refractivity contribution is 5.76. The standard InChI is InChI=1S/C15H22F2N2O3/c1-3-21-12-6-4-5-11(14(12)22-15(16)17)9-19-13(20)8-7-10(2)18/h4-6,10,15H,3,7-9,18H2,1-2H3,(H,19,20). The summed E-state index contributed by atoms with van der Waals surface area (Å²) in [6.45, 7) is 1.00. The van der Waals surface area contributed by atoms with Crippen molar-refractivity contribution < 1.29 is 23.0 Å². The predicted octanol–water partition coefficient (Wildman–Crippen LogP) is 2.43. The fourth-order valence-corrected chi connectivity index (χ4v) is 1.83. The summed E-state index contributed by atoms with van der Waals surface area (Å²) >= 11 is 0. The molecule has 7 heteroatoms. The lowest BCUT2D eigenvalue weighted by Gasteiger charge is -2.16. The third kappa shape index (κ3) is 6.26. The molecule has 1 unspecified atom stereocenters. The van der Waals surface area contributed by atoms with Crippen molar-refractivity contribution in [2.75, 3.05) is 6.61 Å². The van der Waals surface area contributed by atoms with Gasteiger partial charge in [0, 0.05) is 24.6 Å². The van der Waals surface area contributed by atoms with Gasteiger partial charge in [-0.05, 0) is 26.3 Å². The highest BCUT2D eigenvalue weighted by Crippen LogP contribution is 2.32. The van der Waals surface area contributed by atoms with Gasteiger partial charge in [-0.25, -0.2) is 0 Å². The molecular formula is C15H22F2N2O3. The second kappa shape index (κ2) is 9.19. The molecule has 1 atom stereocenters. The molecule has 0 saturated carbocycles. The summed E-state index contributed by atoms with van der Waals surface area (Å²) in [5, 5.41) is 2.66. The fraction of sp³-hybridized carbons (Fsp3) is 0.533. The minimum Gasteiger partial charge on any atom is -0.490 e. The van der Waals surface area contributed by atoms with E-state index in [1.165, 1.54) is 0 Å². The van der Waals surface area contributed by atoms with Crippen LogP contribution in [-0.2, 0) is 11.3 Å². The van der Waals surface area contributed by atoms with Crippen LogP contribution in [0.3, 0.4) is 0 Å². The highest BCUT2D eigenvalue weighted by atomic mass is 19.3. The van der Waals surface area contributed by atoms with Gasteiger partial charge < -0.3 is 20.5 Å². The van der Waals surface area contributed by atoms with Crippen molar-refractivity contribution in [2.45, 2.75) is 45.9 Å². The molecule has 5 nitrogen and oxygen atoms in total. The minimum absolute atomic E-state index is 0.0492. The first-order valence-corrected chi connectivity index (χ1v) is 7.15. The zero-order valence-electron chi connectivity index (χ0n) is 12.8. The molecule has 1 amide bonds. The van der Waals surface area contributed by atoms with E-state index in [2.05, 4.69) is 10.1 Å². The summed E-state index contributed by atoms with van der Waals surface area (Å²) in [5.74, 6) is -0.0147. The molecule has 124 valence electrons. The highest BCUT2D eigenvalue weighted by Gasteiger charge is 2.16. The lowest BCUT2D eigenvalue weighted by molar-refractivity contribution is -0.121. The molecule has 0 fully saturated rings. The number of alkyl halides is 2. The number of nitrogens with one attached hydrogen (secondary N) is 1. The minimum atomic E-state index is -2.96. The van der Waals surface area contributed by atoms with Crippen LogP contribution in [0.5, 0.6) is 11.5 Å². The SMILES string of the molecule is CCOc1cccc(CNC(=O)CCC(C)N)c1OC(F)F. The summed E-state index contributed by atoms with van der Waals surface area (Å²) in [7, 11) is 0. The maximum absolute atomic E-state index is 12.6. The molecule has 22 heavy (non-hydrogen) atoms. The lowest BCUT2D eigenvalue weighted by atomic mass is 10.1. The van der Waals surface area contributed by atoms with Gasteiger partial charge in [0.1, 0.15) is 0 Å². The van der Waals surface area contributed by atoms with Crippen molar-refractivity contribution in [3.63, 3.8) is 0 Å². The van der Waals surface area contributed by atoms with Gasteiger partial charge in [0.05, 0.1) is 6.61 Å². The number of carbonyl (C=O) groups is 1. The van der Waals surface area contributed by atoms with Gasteiger partial charge in [0.25, 0.3) is 0 Å². The van der Waals surface area contributed by atoms with Crippen LogP contribution >= 0.6 is 0 Å². The Balaban J connectivity index is 2.75. The summed E-state index contributed by atoms with van der Waals surface area (Å²) < 4.78 is 34.9. The number of ether oxygens (including phenoxy) is 2. The number of hydrogen-bond acceptors (Lipinski definition) is 4. The number of benzene rings is 1. The third-order valence-electron chi connectivity index (χ3n) is 2.87. The molecule has 0 aliphatic carbocycles. The third-order valence-corrected chi connectivity index (χ3v) is 2.87. The molecule has 1 aromatic rings. The van der Waals surface area contributed by atoms with Crippen molar-refractivity contribution in [1.29, 1.82) is 0 Å². The average Bonchev–Trinajstić information content (AvgIpc) is 2.45. The Morgan fingerprint density at radius 2 is 2.14 bits per heavy atom. The van der Waals surface area contributed by atoms with Crippen LogP contribution in [0.2, 0.25) is 0 Å². The van der Waals surface area contributed by atoms with Gasteiger partial charge in [-0.2, -0.15) is 8.78 Å². The Morgan fingerprint density at radius 3 is 2.73 bits per heavy atom. The van der Waals surface area contributed by atoms with Gasteiger partial charge in [-0.3, -0.25) is 4.79 Å². The monoisotopic (exact) mass is 316 g/mol. The topological polar surface area (TPSA) is 73.6 Å². The van der Waals surface area contributed by atoms with Crippen molar-refractivity contribution >= 4 is 5.91 Å². The van der Waals surface area contributed by atoms with Crippen LogP contribution < -0.4 is 20.5 Å². The zero-order chi connectivity index (χ0) is 16.5. The van der Waals surface area contributed by atoms with Crippen molar-refractivity contribution in [3.05, 3.63) is 23.8 Å². The first-order chi connectivity index (χ1) is 10.4. The van der Waals surface area contributed by atoms with E-state index in [9.17, 15) is 13.6 Å². The number of amides is 1. The van der Waals surface area contributed by atoms with E-state index in [4.69, 9.17) is 10.5 Å². The molecule has 0 aromatic heterocycles.